The highest BCUT2D eigenvalue weighted by atomic mass is 79.9. The number of hydrogen-bond donors (Lipinski definition) is 1. The summed E-state index contributed by atoms with van der Waals surface area (Å²) in [6.07, 6.45) is 3.19. The summed E-state index contributed by atoms with van der Waals surface area (Å²) in [5, 5.41) is 5.00. The van der Waals surface area contributed by atoms with Crippen molar-refractivity contribution in [2.24, 2.45) is 0 Å². The predicted octanol–water partition coefficient (Wildman–Crippen LogP) is 3.62. The van der Waals surface area contributed by atoms with Crippen LogP contribution >= 0.6 is 15.9 Å². The molecule has 0 saturated heterocycles. The highest BCUT2D eigenvalue weighted by molar-refractivity contribution is 9.10. The van der Waals surface area contributed by atoms with Crippen LogP contribution in [0.2, 0.25) is 0 Å². The Morgan fingerprint density at radius 3 is 2.88 bits per heavy atom. The fourth-order valence-electron chi connectivity index (χ4n) is 2.50. The third kappa shape index (κ3) is 2.54. The molecule has 3 aromatic heterocycles. The second kappa shape index (κ2) is 5.72. The molecule has 0 amide bonds. The molecule has 120 valence electrons. The molecule has 0 unspecified atom stereocenters. The summed E-state index contributed by atoms with van der Waals surface area (Å²) in [5.74, 6) is 0.358. The molecule has 0 aliphatic rings. The third-order valence-corrected chi connectivity index (χ3v) is 4.10. The van der Waals surface area contributed by atoms with Crippen molar-refractivity contribution in [3.63, 3.8) is 0 Å². The van der Waals surface area contributed by atoms with Gasteiger partial charge in [-0.2, -0.15) is 10.1 Å². The van der Waals surface area contributed by atoms with Crippen LogP contribution in [-0.2, 0) is 6.54 Å². The first-order chi connectivity index (χ1) is 11.6. The number of nitrogens with two attached hydrogens (primary N) is 1. The molecule has 0 radical (unpaired) electrons. The van der Waals surface area contributed by atoms with Crippen molar-refractivity contribution in [1.82, 2.24) is 19.7 Å². The van der Waals surface area contributed by atoms with Crippen LogP contribution in [0, 0.1) is 5.82 Å². The van der Waals surface area contributed by atoms with Crippen molar-refractivity contribution in [3.8, 4) is 11.5 Å². The number of aromatic nitrogens is 4. The summed E-state index contributed by atoms with van der Waals surface area (Å²) in [6.45, 7) is 0.233. The zero-order valence-electron chi connectivity index (χ0n) is 12.3. The first-order valence-electron chi connectivity index (χ1n) is 7.08. The number of furan rings is 1. The Hall–Kier alpha value is -2.74. The molecule has 0 aliphatic carbocycles. The Kier molecular flexibility index (Phi) is 3.53. The van der Waals surface area contributed by atoms with E-state index in [4.69, 9.17) is 10.2 Å². The molecule has 1 aromatic carbocycles. The minimum Gasteiger partial charge on any atom is -0.463 e. The Morgan fingerprint density at radius 2 is 2.12 bits per heavy atom. The van der Waals surface area contributed by atoms with Crippen LogP contribution in [0.5, 0.6) is 0 Å². The van der Waals surface area contributed by atoms with E-state index in [1.165, 1.54) is 6.07 Å². The molecular weight excluding hydrogens is 377 g/mol. The molecule has 0 fully saturated rings. The standard InChI is InChI=1S/C16H11BrFN5O/c17-10-4-3-9(12(18)6-10)8-23-15-11(7-20-23)14(21-16(19)22-15)13-2-1-5-24-13/h1-7H,8H2,(H2,19,21,22). The Balaban J connectivity index is 1.83. The fourth-order valence-corrected chi connectivity index (χ4v) is 2.83. The van der Waals surface area contributed by atoms with Crippen LogP contribution in [0.3, 0.4) is 0 Å². The maximum absolute atomic E-state index is 14.1. The van der Waals surface area contributed by atoms with Crippen LogP contribution in [0.1, 0.15) is 5.56 Å². The normalized spacial score (nSPS) is 11.2. The first-order valence-corrected chi connectivity index (χ1v) is 7.88. The maximum Gasteiger partial charge on any atom is 0.222 e. The van der Waals surface area contributed by atoms with E-state index in [1.807, 2.05) is 0 Å². The highest BCUT2D eigenvalue weighted by Gasteiger charge is 2.16. The molecule has 0 bridgehead atoms. The van der Waals surface area contributed by atoms with Gasteiger partial charge >= 0.3 is 0 Å². The van der Waals surface area contributed by atoms with Gasteiger partial charge in [0.25, 0.3) is 0 Å². The van der Waals surface area contributed by atoms with Gasteiger partial charge in [-0.25, -0.2) is 14.1 Å². The lowest BCUT2D eigenvalue weighted by Gasteiger charge is -2.06. The number of benzene rings is 1. The van der Waals surface area contributed by atoms with Crippen LogP contribution < -0.4 is 5.73 Å². The van der Waals surface area contributed by atoms with Crippen molar-refractivity contribution < 1.29 is 8.81 Å². The number of anilines is 1. The predicted molar refractivity (Wildman–Crippen MR) is 90.6 cm³/mol. The first kappa shape index (κ1) is 14.8. The Labute approximate surface area is 144 Å². The average Bonchev–Trinajstić information content (AvgIpc) is 3.20. The van der Waals surface area contributed by atoms with E-state index in [9.17, 15) is 4.39 Å². The monoisotopic (exact) mass is 387 g/mol. The molecule has 0 aliphatic heterocycles. The quantitative estimate of drug-likeness (QED) is 0.580. The minimum absolute atomic E-state index is 0.104. The molecular formula is C16H11BrFN5O. The number of hydrogen-bond acceptors (Lipinski definition) is 5. The Morgan fingerprint density at radius 1 is 1.25 bits per heavy atom. The molecule has 0 atom stereocenters. The lowest BCUT2D eigenvalue weighted by atomic mass is 10.2. The SMILES string of the molecule is Nc1nc(-c2ccco2)c2cnn(Cc3ccc(Br)cc3F)c2n1. The molecule has 3 heterocycles. The van der Waals surface area contributed by atoms with Gasteiger partial charge in [-0.1, -0.05) is 22.0 Å². The zero-order chi connectivity index (χ0) is 16.7. The van der Waals surface area contributed by atoms with Crippen molar-refractivity contribution in [1.29, 1.82) is 0 Å². The average molecular weight is 388 g/mol. The number of nitrogen functional groups attached to an aromatic ring is 1. The van der Waals surface area contributed by atoms with Crippen molar-refractivity contribution in [3.05, 3.63) is 58.6 Å². The summed E-state index contributed by atoms with van der Waals surface area (Å²) in [5.41, 5.74) is 7.40. The number of halogens is 2. The molecule has 24 heavy (non-hydrogen) atoms. The summed E-state index contributed by atoms with van der Waals surface area (Å²) >= 11 is 3.25. The van der Waals surface area contributed by atoms with Gasteiger partial charge in [0.05, 0.1) is 24.4 Å². The van der Waals surface area contributed by atoms with E-state index in [-0.39, 0.29) is 18.3 Å². The molecule has 6 nitrogen and oxygen atoms in total. The second-order valence-electron chi connectivity index (χ2n) is 5.18. The van der Waals surface area contributed by atoms with Crippen molar-refractivity contribution in [2.45, 2.75) is 6.54 Å². The third-order valence-electron chi connectivity index (χ3n) is 3.60. The van der Waals surface area contributed by atoms with Gasteiger partial charge in [-0.15, -0.1) is 0 Å². The van der Waals surface area contributed by atoms with Gasteiger partial charge in [0.1, 0.15) is 11.5 Å². The highest BCUT2D eigenvalue weighted by Crippen LogP contribution is 2.27. The van der Waals surface area contributed by atoms with Gasteiger partial charge < -0.3 is 10.2 Å². The number of fused-ring (bicyclic) bond motifs is 1. The molecule has 4 rings (SSSR count). The van der Waals surface area contributed by atoms with E-state index in [0.29, 0.717) is 32.5 Å². The topological polar surface area (TPSA) is 82.8 Å². The largest absolute Gasteiger partial charge is 0.463 e. The number of rotatable bonds is 3. The Bertz CT molecular complexity index is 1030. The molecule has 0 spiro atoms. The van der Waals surface area contributed by atoms with Gasteiger partial charge in [-0.3, -0.25) is 0 Å². The second-order valence-corrected chi connectivity index (χ2v) is 6.10. The van der Waals surface area contributed by atoms with Crippen LogP contribution in [0.25, 0.3) is 22.5 Å². The maximum atomic E-state index is 14.1. The van der Waals surface area contributed by atoms with E-state index in [0.717, 1.165) is 0 Å². The van der Waals surface area contributed by atoms with Crippen LogP contribution in [0.4, 0.5) is 10.3 Å². The van der Waals surface area contributed by atoms with Gasteiger partial charge in [0, 0.05) is 10.0 Å². The molecule has 4 aromatic rings. The van der Waals surface area contributed by atoms with Crippen LogP contribution in [0.15, 0.2) is 51.7 Å². The van der Waals surface area contributed by atoms with E-state index in [2.05, 4.69) is 31.0 Å². The van der Waals surface area contributed by atoms with Gasteiger partial charge in [0.2, 0.25) is 5.95 Å². The summed E-state index contributed by atoms with van der Waals surface area (Å²) < 4.78 is 21.7. The van der Waals surface area contributed by atoms with E-state index >= 15 is 0 Å². The fraction of sp³-hybridized carbons (Fsp3) is 0.0625. The molecule has 8 heteroatoms. The van der Waals surface area contributed by atoms with Crippen molar-refractivity contribution in [2.75, 3.05) is 5.73 Å². The van der Waals surface area contributed by atoms with Gasteiger partial charge in [0.15, 0.2) is 11.4 Å². The van der Waals surface area contributed by atoms with Crippen molar-refractivity contribution >= 4 is 32.9 Å². The minimum atomic E-state index is -0.318. The van der Waals surface area contributed by atoms with Crippen LogP contribution in [-0.4, -0.2) is 19.7 Å². The summed E-state index contributed by atoms with van der Waals surface area (Å²) in [6, 6.07) is 8.44. The smallest absolute Gasteiger partial charge is 0.222 e. The zero-order valence-corrected chi connectivity index (χ0v) is 13.9. The number of nitrogens with zero attached hydrogens (tertiary/aromatic N) is 4. The van der Waals surface area contributed by atoms with E-state index < -0.39 is 0 Å². The molecule has 0 saturated carbocycles. The van der Waals surface area contributed by atoms with Gasteiger partial charge in [-0.05, 0) is 24.3 Å². The molecule has 2 N–H and O–H groups in total. The van der Waals surface area contributed by atoms with E-state index in [1.54, 1.807) is 41.4 Å². The summed E-state index contributed by atoms with van der Waals surface area (Å²) in [4.78, 5) is 8.48. The lowest BCUT2D eigenvalue weighted by Crippen LogP contribution is -2.06. The lowest BCUT2D eigenvalue weighted by molar-refractivity contribution is 0.580. The summed E-state index contributed by atoms with van der Waals surface area (Å²) in [7, 11) is 0.